The minimum absolute atomic E-state index is 0.0377. The van der Waals surface area contributed by atoms with Crippen LogP contribution < -0.4 is 4.90 Å². The molecule has 1 aliphatic heterocycles. The van der Waals surface area contributed by atoms with E-state index in [1.807, 2.05) is 6.07 Å². The molecule has 1 aromatic carbocycles. The number of hydrogen-bond acceptors (Lipinski definition) is 3. The number of rotatable bonds is 3. The first-order valence-corrected chi connectivity index (χ1v) is 6.70. The van der Waals surface area contributed by atoms with E-state index >= 15 is 0 Å². The van der Waals surface area contributed by atoms with Crippen LogP contribution in [0.5, 0.6) is 0 Å². The summed E-state index contributed by atoms with van der Waals surface area (Å²) in [7, 11) is 0. The number of aromatic carboxylic acids is 1. The molecule has 2 aromatic rings. The molecule has 1 amide bonds. The maximum atomic E-state index is 12.4. The van der Waals surface area contributed by atoms with Crippen LogP contribution >= 0.6 is 0 Å². The smallest absolute Gasteiger partial charge is 0.335 e. The standard InChI is InChI=1S/C16H14N2O3/c19-15(8-11-2-1-6-17-10-11)18-7-5-12-3-4-13(16(20)21)9-14(12)18/h1-4,6,9-10H,5,7-8H2,(H,20,21). The Labute approximate surface area is 121 Å². The Kier molecular flexibility index (Phi) is 3.39. The molecule has 106 valence electrons. The van der Waals surface area contributed by atoms with Crippen LogP contribution in [0.3, 0.4) is 0 Å². The minimum Gasteiger partial charge on any atom is -0.478 e. The Bertz CT molecular complexity index is 698. The quantitative estimate of drug-likeness (QED) is 0.933. The lowest BCUT2D eigenvalue weighted by atomic mass is 10.1. The van der Waals surface area contributed by atoms with Crippen LogP contribution in [-0.2, 0) is 17.6 Å². The Balaban J connectivity index is 1.84. The van der Waals surface area contributed by atoms with Crippen molar-refractivity contribution in [2.45, 2.75) is 12.8 Å². The number of pyridine rings is 1. The molecule has 1 aromatic heterocycles. The van der Waals surface area contributed by atoms with Gasteiger partial charge in [-0.1, -0.05) is 12.1 Å². The average molecular weight is 282 g/mol. The highest BCUT2D eigenvalue weighted by molar-refractivity contribution is 5.98. The molecule has 0 aliphatic carbocycles. The van der Waals surface area contributed by atoms with Crippen molar-refractivity contribution >= 4 is 17.6 Å². The van der Waals surface area contributed by atoms with Crippen molar-refractivity contribution in [2.75, 3.05) is 11.4 Å². The SMILES string of the molecule is O=C(O)c1ccc2c(c1)N(C(=O)Cc1cccnc1)CC2. The minimum atomic E-state index is -0.982. The van der Waals surface area contributed by atoms with Gasteiger partial charge in [-0.2, -0.15) is 0 Å². The second-order valence-electron chi connectivity index (χ2n) is 4.98. The van der Waals surface area contributed by atoms with E-state index in [-0.39, 0.29) is 17.9 Å². The van der Waals surface area contributed by atoms with E-state index in [0.29, 0.717) is 12.2 Å². The molecule has 3 rings (SSSR count). The number of anilines is 1. The fourth-order valence-electron chi connectivity index (χ4n) is 2.54. The summed E-state index contributed by atoms with van der Waals surface area (Å²) in [5.41, 5.74) is 2.78. The number of hydrogen-bond donors (Lipinski definition) is 1. The summed E-state index contributed by atoms with van der Waals surface area (Å²) in [4.78, 5) is 29.1. The number of carboxylic acid groups (broad SMARTS) is 1. The van der Waals surface area contributed by atoms with Crippen molar-refractivity contribution < 1.29 is 14.7 Å². The van der Waals surface area contributed by atoms with Crippen LogP contribution in [0.25, 0.3) is 0 Å². The Morgan fingerprint density at radius 2 is 2.14 bits per heavy atom. The number of carbonyl (C=O) groups is 2. The van der Waals surface area contributed by atoms with Gasteiger partial charge in [0.05, 0.1) is 12.0 Å². The zero-order valence-electron chi connectivity index (χ0n) is 11.3. The zero-order valence-corrected chi connectivity index (χ0v) is 11.3. The Morgan fingerprint density at radius 3 is 2.86 bits per heavy atom. The summed E-state index contributed by atoms with van der Waals surface area (Å²) < 4.78 is 0. The molecule has 0 spiro atoms. The predicted molar refractivity (Wildman–Crippen MR) is 77.4 cm³/mol. The first-order valence-electron chi connectivity index (χ1n) is 6.70. The first-order chi connectivity index (χ1) is 10.1. The van der Waals surface area contributed by atoms with Crippen molar-refractivity contribution in [3.8, 4) is 0 Å². The number of carbonyl (C=O) groups excluding carboxylic acids is 1. The van der Waals surface area contributed by atoms with E-state index in [4.69, 9.17) is 5.11 Å². The molecular formula is C16H14N2O3. The van der Waals surface area contributed by atoms with E-state index in [9.17, 15) is 9.59 Å². The highest BCUT2D eigenvalue weighted by Crippen LogP contribution is 2.29. The maximum Gasteiger partial charge on any atom is 0.335 e. The van der Waals surface area contributed by atoms with Gasteiger partial charge in [-0.3, -0.25) is 9.78 Å². The molecule has 5 nitrogen and oxygen atoms in total. The maximum absolute atomic E-state index is 12.4. The van der Waals surface area contributed by atoms with Crippen molar-refractivity contribution in [3.63, 3.8) is 0 Å². The monoisotopic (exact) mass is 282 g/mol. The van der Waals surface area contributed by atoms with E-state index in [0.717, 1.165) is 17.5 Å². The lowest BCUT2D eigenvalue weighted by Crippen LogP contribution is -2.30. The van der Waals surface area contributed by atoms with Crippen molar-refractivity contribution in [3.05, 3.63) is 59.4 Å². The van der Waals surface area contributed by atoms with Gasteiger partial charge in [0, 0.05) is 24.6 Å². The van der Waals surface area contributed by atoms with E-state index < -0.39 is 5.97 Å². The summed E-state index contributed by atoms with van der Waals surface area (Å²) in [5.74, 6) is -1.02. The molecule has 5 heteroatoms. The largest absolute Gasteiger partial charge is 0.478 e. The molecule has 0 unspecified atom stereocenters. The topological polar surface area (TPSA) is 70.5 Å². The summed E-state index contributed by atoms with van der Waals surface area (Å²) >= 11 is 0. The van der Waals surface area contributed by atoms with Gasteiger partial charge < -0.3 is 10.0 Å². The van der Waals surface area contributed by atoms with Gasteiger partial charge in [0.15, 0.2) is 0 Å². The summed E-state index contributed by atoms with van der Waals surface area (Å²) in [6, 6.07) is 8.59. The number of aromatic nitrogens is 1. The highest BCUT2D eigenvalue weighted by Gasteiger charge is 2.25. The molecule has 2 heterocycles. The van der Waals surface area contributed by atoms with Crippen LogP contribution in [0.2, 0.25) is 0 Å². The fourth-order valence-corrected chi connectivity index (χ4v) is 2.54. The molecule has 0 saturated carbocycles. The van der Waals surface area contributed by atoms with Crippen LogP contribution in [0, 0.1) is 0 Å². The van der Waals surface area contributed by atoms with Gasteiger partial charge in [-0.05, 0) is 35.7 Å². The fraction of sp³-hybridized carbons (Fsp3) is 0.188. The van der Waals surface area contributed by atoms with Gasteiger partial charge in [-0.15, -0.1) is 0 Å². The lowest BCUT2D eigenvalue weighted by molar-refractivity contribution is -0.117. The zero-order chi connectivity index (χ0) is 14.8. The van der Waals surface area contributed by atoms with Crippen LogP contribution in [0.4, 0.5) is 5.69 Å². The van der Waals surface area contributed by atoms with E-state index in [1.165, 1.54) is 0 Å². The van der Waals surface area contributed by atoms with Crippen molar-refractivity contribution in [2.24, 2.45) is 0 Å². The van der Waals surface area contributed by atoms with Crippen LogP contribution in [0.1, 0.15) is 21.5 Å². The summed E-state index contributed by atoms with van der Waals surface area (Å²) in [5, 5.41) is 9.06. The highest BCUT2D eigenvalue weighted by atomic mass is 16.4. The first kappa shape index (κ1) is 13.3. The van der Waals surface area contributed by atoms with Gasteiger partial charge in [-0.25, -0.2) is 4.79 Å². The third-order valence-electron chi connectivity index (χ3n) is 3.61. The van der Waals surface area contributed by atoms with Crippen molar-refractivity contribution in [1.82, 2.24) is 4.98 Å². The number of amides is 1. The van der Waals surface area contributed by atoms with Gasteiger partial charge in [0.1, 0.15) is 0 Å². The molecule has 0 bridgehead atoms. The second kappa shape index (κ2) is 5.36. The molecule has 0 fully saturated rings. The molecule has 0 atom stereocenters. The molecule has 1 aliphatic rings. The number of nitrogens with zero attached hydrogens (tertiary/aromatic N) is 2. The number of fused-ring (bicyclic) bond motifs is 1. The Hall–Kier alpha value is -2.69. The third kappa shape index (κ3) is 2.63. The van der Waals surface area contributed by atoms with Crippen LogP contribution in [-0.4, -0.2) is 28.5 Å². The van der Waals surface area contributed by atoms with Crippen molar-refractivity contribution in [1.29, 1.82) is 0 Å². The summed E-state index contributed by atoms with van der Waals surface area (Å²) in [6.07, 6.45) is 4.36. The van der Waals surface area contributed by atoms with Gasteiger partial charge in [0.25, 0.3) is 0 Å². The number of carboxylic acids is 1. The Morgan fingerprint density at radius 1 is 1.29 bits per heavy atom. The third-order valence-corrected chi connectivity index (χ3v) is 3.61. The lowest BCUT2D eigenvalue weighted by Gasteiger charge is -2.17. The van der Waals surface area contributed by atoms with Gasteiger partial charge >= 0.3 is 5.97 Å². The molecule has 21 heavy (non-hydrogen) atoms. The predicted octanol–water partition coefficient (Wildman–Crippen LogP) is 1.91. The summed E-state index contributed by atoms with van der Waals surface area (Å²) in [6.45, 7) is 0.595. The van der Waals surface area contributed by atoms with Gasteiger partial charge in [0.2, 0.25) is 5.91 Å². The number of benzene rings is 1. The second-order valence-corrected chi connectivity index (χ2v) is 4.98. The normalized spacial score (nSPS) is 13.0. The van der Waals surface area contributed by atoms with Crippen LogP contribution in [0.15, 0.2) is 42.7 Å². The molecular weight excluding hydrogens is 268 g/mol. The molecule has 1 N–H and O–H groups in total. The average Bonchev–Trinajstić information content (AvgIpc) is 2.91. The van der Waals surface area contributed by atoms with E-state index in [2.05, 4.69) is 4.98 Å². The molecule has 0 saturated heterocycles. The molecule has 0 radical (unpaired) electrons. The van der Waals surface area contributed by atoms with E-state index in [1.54, 1.807) is 41.6 Å².